The van der Waals surface area contributed by atoms with Crippen LogP contribution < -0.4 is 4.90 Å². The Labute approximate surface area is 145 Å². The quantitative estimate of drug-likeness (QED) is 0.782. The third-order valence-corrected chi connectivity index (χ3v) is 5.39. The third kappa shape index (κ3) is 2.28. The van der Waals surface area contributed by atoms with E-state index in [9.17, 15) is 4.79 Å². The number of rotatable bonds is 2. The molecule has 5 rings (SSSR count). The van der Waals surface area contributed by atoms with Crippen LogP contribution in [0.5, 0.6) is 0 Å². The van der Waals surface area contributed by atoms with Gasteiger partial charge in [-0.05, 0) is 37.1 Å². The lowest BCUT2D eigenvalue weighted by molar-refractivity contribution is 0.0618. The van der Waals surface area contributed by atoms with E-state index in [2.05, 4.69) is 32.0 Å². The van der Waals surface area contributed by atoms with Gasteiger partial charge in [0.05, 0.1) is 5.54 Å². The second-order valence-electron chi connectivity index (χ2n) is 6.89. The Balaban J connectivity index is 1.43. The van der Waals surface area contributed by atoms with E-state index in [-0.39, 0.29) is 11.4 Å². The first-order valence-electron chi connectivity index (χ1n) is 8.67. The van der Waals surface area contributed by atoms with Crippen LogP contribution in [-0.4, -0.2) is 50.9 Å². The van der Waals surface area contributed by atoms with Crippen LogP contribution in [0.1, 0.15) is 23.3 Å². The number of piperazine rings is 1. The number of carbonyl (C=O) groups excluding carboxylic acids is 1. The minimum Gasteiger partial charge on any atom is -0.367 e. The summed E-state index contributed by atoms with van der Waals surface area (Å²) in [6.45, 7) is 2.42. The molecule has 1 saturated heterocycles. The molecule has 126 valence electrons. The van der Waals surface area contributed by atoms with Crippen molar-refractivity contribution in [1.29, 1.82) is 0 Å². The van der Waals surface area contributed by atoms with E-state index >= 15 is 0 Å². The smallest absolute Gasteiger partial charge is 0.273 e. The van der Waals surface area contributed by atoms with Crippen LogP contribution in [0.2, 0.25) is 0 Å². The van der Waals surface area contributed by atoms with E-state index in [1.807, 2.05) is 29.4 Å². The highest BCUT2D eigenvalue weighted by Crippen LogP contribution is 2.46. The van der Waals surface area contributed by atoms with Gasteiger partial charge in [0, 0.05) is 49.3 Å². The molecule has 1 aliphatic heterocycles. The van der Waals surface area contributed by atoms with E-state index in [0.29, 0.717) is 5.69 Å². The van der Waals surface area contributed by atoms with Gasteiger partial charge in [-0.15, -0.1) is 0 Å². The molecule has 1 amide bonds. The number of hydrogen-bond donors (Lipinski definition) is 1. The van der Waals surface area contributed by atoms with Gasteiger partial charge in [0.25, 0.3) is 5.91 Å². The summed E-state index contributed by atoms with van der Waals surface area (Å²) in [5.74, 6) is 0.0549. The normalized spacial score (nSPS) is 18.7. The topological polar surface area (TPSA) is 65.1 Å². The Hall–Kier alpha value is -2.89. The molecule has 0 atom stereocenters. The molecule has 6 heteroatoms. The Morgan fingerprint density at radius 3 is 2.80 bits per heavy atom. The first-order chi connectivity index (χ1) is 12.3. The van der Waals surface area contributed by atoms with E-state index < -0.39 is 0 Å². The van der Waals surface area contributed by atoms with Crippen LogP contribution in [0.25, 0.3) is 11.0 Å². The fourth-order valence-electron chi connectivity index (χ4n) is 3.92. The summed E-state index contributed by atoms with van der Waals surface area (Å²) >= 11 is 0. The van der Waals surface area contributed by atoms with Gasteiger partial charge in [-0.2, -0.15) is 0 Å². The van der Waals surface area contributed by atoms with Crippen LogP contribution >= 0.6 is 0 Å². The number of nitrogens with zero attached hydrogens (tertiary/aromatic N) is 4. The van der Waals surface area contributed by atoms with Crippen molar-refractivity contribution >= 4 is 22.6 Å². The molecule has 1 saturated carbocycles. The van der Waals surface area contributed by atoms with Gasteiger partial charge in [0.2, 0.25) is 0 Å². The maximum atomic E-state index is 12.9. The van der Waals surface area contributed by atoms with Crippen LogP contribution in [0.3, 0.4) is 0 Å². The maximum absolute atomic E-state index is 12.9. The van der Waals surface area contributed by atoms with Crippen LogP contribution in [0, 0.1) is 0 Å². The molecule has 1 spiro atoms. The molecule has 3 aromatic rings. The molecule has 2 aliphatic rings. The SMILES string of the molecule is O=C(c1ccccn1)N1CCN(c2ccnc3[nH]ccc23)CC12CC2. The summed E-state index contributed by atoms with van der Waals surface area (Å²) in [5, 5.41) is 1.14. The van der Waals surface area contributed by atoms with Gasteiger partial charge >= 0.3 is 0 Å². The van der Waals surface area contributed by atoms with Crippen molar-refractivity contribution in [3.8, 4) is 0 Å². The number of H-pyrrole nitrogens is 1. The zero-order valence-corrected chi connectivity index (χ0v) is 13.9. The average molecular weight is 333 g/mol. The molecular weight excluding hydrogens is 314 g/mol. The van der Waals surface area contributed by atoms with Gasteiger partial charge < -0.3 is 14.8 Å². The lowest BCUT2D eigenvalue weighted by Gasteiger charge is -2.43. The van der Waals surface area contributed by atoms with Gasteiger partial charge in [0.1, 0.15) is 11.3 Å². The van der Waals surface area contributed by atoms with Crippen molar-refractivity contribution < 1.29 is 4.79 Å². The highest BCUT2D eigenvalue weighted by molar-refractivity contribution is 5.94. The molecule has 2 fully saturated rings. The van der Waals surface area contributed by atoms with Crippen molar-refractivity contribution in [3.05, 3.63) is 54.6 Å². The van der Waals surface area contributed by atoms with Gasteiger partial charge in [-0.1, -0.05) is 6.07 Å². The van der Waals surface area contributed by atoms with Crippen molar-refractivity contribution in [1.82, 2.24) is 19.9 Å². The van der Waals surface area contributed by atoms with Gasteiger partial charge in [-0.3, -0.25) is 9.78 Å². The standard InChI is InChI=1S/C19H19N5O/c25-18(15-3-1-2-8-20-15)24-12-11-23(13-19(24)6-7-19)16-5-10-22-17-14(16)4-9-21-17/h1-5,8-10H,6-7,11-13H2,(H,21,22). The second-order valence-corrected chi connectivity index (χ2v) is 6.89. The van der Waals surface area contributed by atoms with Crippen molar-refractivity contribution in [2.24, 2.45) is 0 Å². The summed E-state index contributed by atoms with van der Waals surface area (Å²) in [7, 11) is 0. The minimum absolute atomic E-state index is 0.0429. The number of pyridine rings is 2. The molecule has 1 aliphatic carbocycles. The number of amides is 1. The third-order valence-electron chi connectivity index (χ3n) is 5.39. The minimum atomic E-state index is -0.0429. The summed E-state index contributed by atoms with van der Waals surface area (Å²) < 4.78 is 0. The van der Waals surface area contributed by atoms with Crippen molar-refractivity contribution in [2.75, 3.05) is 24.5 Å². The first-order valence-corrected chi connectivity index (χ1v) is 8.67. The van der Waals surface area contributed by atoms with Crippen LogP contribution in [-0.2, 0) is 0 Å². The Morgan fingerprint density at radius 2 is 2.00 bits per heavy atom. The maximum Gasteiger partial charge on any atom is 0.273 e. The number of anilines is 1. The zero-order chi connectivity index (χ0) is 16.9. The summed E-state index contributed by atoms with van der Waals surface area (Å²) in [6.07, 6.45) is 7.57. The molecule has 1 N–H and O–H groups in total. The fourth-order valence-corrected chi connectivity index (χ4v) is 3.92. The lowest BCUT2D eigenvalue weighted by atomic mass is 10.1. The summed E-state index contributed by atoms with van der Waals surface area (Å²) in [4.78, 5) is 29.1. The Bertz CT molecular complexity index is 931. The number of aromatic nitrogens is 3. The number of hydrogen-bond acceptors (Lipinski definition) is 4. The number of nitrogens with one attached hydrogen (secondary N) is 1. The van der Waals surface area contributed by atoms with E-state index in [4.69, 9.17) is 0 Å². The highest BCUT2D eigenvalue weighted by atomic mass is 16.2. The lowest BCUT2D eigenvalue weighted by Crippen LogP contribution is -2.57. The number of aromatic amines is 1. The summed E-state index contributed by atoms with van der Waals surface area (Å²) in [5.41, 5.74) is 2.61. The molecule has 4 heterocycles. The van der Waals surface area contributed by atoms with Crippen LogP contribution in [0.15, 0.2) is 48.9 Å². The predicted molar refractivity (Wildman–Crippen MR) is 95.5 cm³/mol. The molecule has 0 radical (unpaired) electrons. The number of carbonyl (C=O) groups is 1. The average Bonchev–Trinajstić information content (AvgIpc) is 3.24. The summed E-state index contributed by atoms with van der Waals surface area (Å²) in [6, 6.07) is 9.66. The van der Waals surface area contributed by atoms with Gasteiger partial charge in [-0.25, -0.2) is 4.98 Å². The van der Waals surface area contributed by atoms with E-state index in [1.165, 1.54) is 5.69 Å². The van der Waals surface area contributed by atoms with Crippen molar-refractivity contribution in [3.63, 3.8) is 0 Å². The molecular formula is C19H19N5O. The highest BCUT2D eigenvalue weighted by Gasteiger charge is 2.53. The Kier molecular flexibility index (Phi) is 3.07. The largest absolute Gasteiger partial charge is 0.367 e. The molecule has 0 bridgehead atoms. The van der Waals surface area contributed by atoms with E-state index in [1.54, 1.807) is 12.3 Å². The van der Waals surface area contributed by atoms with Crippen molar-refractivity contribution in [2.45, 2.75) is 18.4 Å². The molecule has 0 unspecified atom stereocenters. The Morgan fingerprint density at radius 1 is 1.08 bits per heavy atom. The molecule has 0 aromatic carbocycles. The molecule has 3 aromatic heterocycles. The molecule has 6 nitrogen and oxygen atoms in total. The van der Waals surface area contributed by atoms with E-state index in [0.717, 1.165) is 43.5 Å². The predicted octanol–water partition coefficient (Wildman–Crippen LogP) is 2.45. The fraction of sp³-hybridized carbons (Fsp3) is 0.316. The van der Waals surface area contributed by atoms with Gasteiger partial charge in [0.15, 0.2) is 0 Å². The zero-order valence-electron chi connectivity index (χ0n) is 13.9. The molecule has 25 heavy (non-hydrogen) atoms. The monoisotopic (exact) mass is 333 g/mol. The number of fused-ring (bicyclic) bond motifs is 1. The van der Waals surface area contributed by atoms with Crippen LogP contribution in [0.4, 0.5) is 5.69 Å². The second kappa shape index (κ2) is 5.31. The first kappa shape index (κ1) is 14.5.